The van der Waals surface area contributed by atoms with Gasteiger partial charge in [0.1, 0.15) is 0 Å². The van der Waals surface area contributed by atoms with Gasteiger partial charge in [0.25, 0.3) is 0 Å². The van der Waals surface area contributed by atoms with Gasteiger partial charge in [0.15, 0.2) is 0 Å². The predicted molar refractivity (Wildman–Crippen MR) is 70.9 cm³/mol. The van der Waals surface area contributed by atoms with Gasteiger partial charge in [0.2, 0.25) is 5.91 Å². The van der Waals surface area contributed by atoms with E-state index in [1.165, 1.54) is 6.08 Å². The Morgan fingerprint density at radius 2 is 2.41 bits per heavy atom. The Morgan fingerprint density at radius 1 is 1.65 bits per heavy atom. The van der Waals surface area contributed by atoms with Crippen LogP contribution in [0.15, 0.2) is 23.6 Å². The van der Waals surface area contributed by atoms with Crippen LogP contribution in [0.1, 0.15) is 4.88 Å². The molecule has 1 aromatic rings. The van der Waals surface area contributed by atoms with Crippen molar-refractivity contribution < 1.29 is 9.90 Å². The molecule has 0 fully saturated rings. The van der Waals surface area contributed by atoms with Crippen molar-refractivity contribution in [3.63, 3.8) is 0 Å². The highest BCUT2D eigenvalue weighted by Crippen LogP contribution is 2.09. The molecule has 0 saturated carbocycles. The van der Waals surface area contributed by atoms with Crippen LogP contribution in [0.4, 0.5) is 0 Å². The molecular weight excluding hydrogens is 236 g/mol. The molecular formula is C12H18N2O2S. The van der Waals surface area contributed by atoms with E-state index in [4.69, 9.17) is 0 Å². The fourth-order valence-corrected chi connectivity index (χ4v) is 1.93. The first kappa shape index (κ1) is 13.9. The predicted octanol–water partition coefficient (Wildman–Crippen LogP) is 0.800. The highest BCUT2D eigenvalue weighted by Gasteiger charge is 2.06. The second-order valence-corrected chi connectivity index (χ2v) is 4.99. The van der Waals surface area contributed by atoms with Crippen molar-refractivity contribution in [3.8, 4) is 0 Å². The summed E-state index contributed by atoms with van der Waals surface area (Å²) in [7, 11) is 3.75. The van der Waals surface area contributed by atoms with Crippen molar-refractivity contribution in [3.05, 3.63) is 28.5 Å². The standard InChI is InChI=1S/C12H18N2O2S/c1-14(2)9-10(15)8-13-12(16)6-5-11-4-3-7-17-11/h3-7,10,15H,8-9H2,1-2H3,(H,13,16)/b6-5+. The van der Waals surface area contributed by atoms with Gasteiger partial charge in [-0.05, 0) is 31.6 Å². The highest BCUT2D eigenvalue weighted by atomic mass is 32.1. The Labute approximate surface area is 106 Å². The second-order valence-electron chi connectivity index (χ2n) is 4.01. The largest absolute Gasteiger partial charge is 0.390 e. The van der Waals surface area contributed by atoms with Crippen LogP contribution in [0, 0.1) is 0 Å². The van der Waals surface area contributed by atoms with Crippen molar-refractivity contribution in [2.75, 3.05) is 27.2 Å². The van der Waals surface area contributed by atoms with Crippen molar-refractivity contribution in [2.45, 2.75) is 6.10 Å². The first-order chi connectivity index (χ1) is 8.08. The number of carbonyl (C=O) groups excluding carboxylic acids is 1. The van der Waals surface area contributed by atoms with Gasteiger partial charge in [0, 0.05) is 24.0 Å². The zero-order valence-electron chi connectivity index (χ0n) is 10.1. The number of amides is 1. The molecule has 94 valence electrons. The molecule has 0 aliphatic rings. The molecule has 0 aliphatic carbocycles. The zero-order chi connectivity index (χ0) is 12.7. The summed E-state index contributed by atoms with van der Waals surface area (Å²) in [5.74, 6) is -0.184. The Balaban J connectivity index is 2.26. The number of nitrogens with one attached hydrogen (secondary N) is 1. The van der Waals surface area contributed by atoms with Crippen molar-refractivity contribution in [1.82, 2.24) is 10.2 Å². The summed E-state index contributed by atoms with van der Waals surface area (Å²) in [4.78, 5) is 14.3. The van der Waals surface area contributed by atoms with Gasteiger partial charge >= 0.3 is 0 Å². The van der Waals surface area contributed by atoms with Gasteiger partial charge in [-0.25, -0.2) is 0 Å². The number of nitrogens with zero attached hydrogens (tertiary/aromatic N) is 1. The van der Waals surface area contributed by atoms with E-state index in [0.717, 1.165) is 4.88 Å². The average Bonchev–Trinajstić information content (AvgIpc) is 2.75. The number of thiophene rings is 1. The molecule has 4 nitrogen and oxygen atoms in total. The number of aliphatic hydroxyl groups excluding tert-OH is 1. The molecule has 1 unspecified atom stereocenters. The quantitative estimate of drug-likeness (QED) is 0.738. The molecule has 0 radical (unpaired) electrons. The second kappa shape index (κ2) is 7.21. The van der Waals surface area contributed by atoms with Gasteiger partial charge in [-0.15, -0.1) is 11.3 Å². The van der Waals surface area contributed by atoms with Crippen LogP contribution in [0.25, 0.3) is 6.08 Å². The molecule has 1 heterocycles. The topological polar surface area (TPSA) is 52.6 Å². The summed E-state index contributed by atoms with van der Waals surface area (Å²) in [5, 5.41) is 14.2. The number of hydrogen-bond donors (Lipinski definition) is 2. The Kier molecular flexibility index (Phi) is 5.90. The minimum atomic E-state index is -0.538. The normalized spacial score (nSPS) is 13.2. The molecule has 0 aliphatic heterocycles. The zero-order valence-corrected chi connectivity index (χ0v) is 10.9. The third kappa shape index (κ3) is 6.21. The Bertz CT molecular complexity index is 361. The molecule has 0 bridgehead atoms. The number of hydrogen-bond acceptors (Lipinski definition) is 4. The van der Waals surface area contributed by atoms with E-state index in [1.54, 1.807) is 17.4 Å². The van der Waals surface area contributed by atoms with E-state index in [-0.39, 0.29) is 12.5 Å². The molecule has 0 saturated heterocycles. The van der Waals surface area contributed by atoms with E-state index in [1.807, 2.05) is 36.5 Å². The fraction of sp³-hybridized carbons (Fsp3) is 0.417. The van der Waals surface area contributed by atoms with Gasteiger partial charge in [-0.2, -0.15) is 0 Å². The van der Waals surface area contributed by atoms with Crippen LogP contribution in [-0.2, 0) is 4.79 Å². The SMILES string of the molecule is CN(C)CC(O)CNC(=O)/C=C/c1cccs1. The number of aliphatic hydroxyl groups is 1. The lowest BCUT2D eigenvalue weighted by molar-refractivity contribution is -0.116. The van der Waals surface area contributed by atoms with Gasteiger partial charge < -0.3 is 15.3 Å². The van der Waals surface area contributed by atoms with Gasteiger partial charge in [0.05, 0.1) is 6.10 Å². The average molecular weight is 254 g/mol. The lowest BCUT2D eigenvalue weighted by atomic mass is 10.3. The summed E-state index contributed by atoms with van der Waals surface area (Å²) in [6.45, 7) is 0.806. The molecule has 5 heteroatoms. The smallest absolute Gasteiger partial charge is 0.244 e. The molecule has 1 atom stereocenters. The maximum Gasteiger partial charge on any atom is 0.244 e. The molecule has 1 aromatic heterocycles. The van der Waals surface area contributed by atoms with Crippen molar-refractivity contribution in [1.29, 1.82) is 0 Å². The van der Waals surface area contributed by atoms with E-state index in [9.17, 15) is 9.90 Å². The minimum Gasteiger partial charge on any atom is -0.390 e. The van der Waals surface area contributed by atoms with Gasteiger partial charge in [-0.3, -0.25) is 4.79 Å². The highest BCUT2D eigenvalue weighted by molar-refractivity contribution is 7.10. The minimum absolute atomic E-state index is 0.184. The van der Waals surface area contributed by atoms with E-state index in [2.05, 4.69) is 5.32 Å². The van der Waals surface area contributed by atoms with E-state index in [0.29, 0.717) is 6.54 Å². The van der Waals surface area contributed by atoms with Crippen LogP contribution in [0.2, 0.25) is 0 Å². The lowest BCUT2D eigenvalue weighted by Crippen LogP contribution is -2.37. The maximum absolute atomic E-state index is 11.4. The summed E-state index contributed by atoms with van der Waals surface area (Å²) in [5.41, 5.74) is 0. The summed E-state index contributed by atoms with van der Waals surface area (Å²) in [6, 6.07) is 3.87. The third-order valence-corrected chi connectivity index (χ3v) is 2.87. The Morgan fingerprint density at radius 3 is 3.00 bits per heavy atom. The number of carbonyl (C=O) groups is 1. The van der Waals surface area contributed by atoms with Crippen molar-refractivity contribution in [2.24, 2.45) is 0 Å². The molecule has 1 rings (SSSR count). The first-order valence-electron chi connectivity index (χ1n) is 5.40. The van der Waals surface area contributed by atoms with Crippen LogP contribution < -0.4 is 5.32 Å². The van der Waals surface area contributed by atoms with Crippen LogP contribution in [0.3, 0.4) is 0 Å². The molecule has 17 heavy (non-hydrogen) atoms. The molecule has 0 spiro atoms. The summed E-state index contributed by atoms with van der Waals surface area (Å²) in [6.07, 6.45) is 2.70. The fourth-order valence-electron chi connectivity index (χ4n) is 1.31. The summed E-state index contributed by atoms with van der Waals surface area (Å²) >= 11 is 1.57. The van der Waals surface area contributed by atoms with Crippen molar-refractivity contribution >= 4 is 23.3 Å². The molecule has 1 amide bonds. The maximum atomic E-state index is 11.4. The third-order valence-electron chi connectivity index (χ3n) is 2.03. The summed E-state index contributed by atoms with van der Waals surface area (Å²) < 4.78 is 0. The van der Waals surface area contributed by atoms with E-state index >= 15 is 0 Å². The van der Waals surface area contributed by atoms with Crippen LogP contribution >= 0.6 is 11.3 Å². The van der Waals surface area contributed by atoms with Crippen LogP contribution in [-0.4, -0.2) is 49.2 Å². The van der Waals surface area contributed by atoms with E-state index < -0.39 is 6.10 Å². The van der Waals surface area contributed by atoms with Gasteiger partial charge in [-0.1, -0.05) is 6.07 Å². The molecule has 2 N–H and O–H groups in total. The number of rotatable bonds is 6. The first-order valence-corrected chi connectivity index (χ1v) is 6.28. The van der Waals surface area contributed by atoms with Crippen LogP contribution in [0.5, 0.6) is 0 Å². The number of likely N-dealkylation sites (N-methyl/N-ethyl adjacent to an activating group) is 1. The monoisotopic (exact) mass is 254 g/mol. The molecule has 0 aromatic carbocycles. The Hall–Kier alpha value is -1.17. The lowest BCUT2D eigenvalue weighted by Gasteiger charge is -2.15.